The molecule has 45 heavy (non-hydrogen) atoms. The molecule has 3 aromatic heterocycles. The van der Waals surface area contributed by atoms with Crippen molar-refractivity contribution in [2.24, 2.45) is 5.92 Å². The third kappa shape index (κ3) is 8.04. The van der Waals surface area contributed by atoms with Crippen molar-refractivity contribution < 1.29 is 28.1 Å². The molecule has 1 aliphatic carbocycles. The van der Waals surface area contributed by atoms with Crippen LogP contribution in [-0.4, -0.2) is 75.1 Å². The van der Waals surface area contributed by atoms with Gasteiger partial charge in [-0.05, 0) is 77.8 Å². The standard InChI is InChI=1S/C27H32ClF3N8O.C3H8O2/c1-14(2)38(11-17-4-6-23(40-17)39-13-35-24-25(32)33-12-34-26(24)39)16-7-15(8-16)3-5-22-36-20-9-18(27(29,30)31)19(28)10-21(20)37-22;1-3(2,4)5/h9-10,12-17,23H,3-8,11H2,1-2H3,(H,36,37)(H2,32,33,34);4-5H,1-2H3. The second kappa shape index (κ2) is 13.0. The van der Waals surface area contributed by atoms with Gasteiger partial charge in [0.1, 0.15) is 23.9 Å². The predicted molar refractivity (Wildman–Crippen MR) is 164 cm³/mol. The van der Waals surface area contributed by atoms with Gasteiger partial charge in [-0.2, -0.15) is 13.2 Å². The van der Waals surface area contributed by atoms with Crippen LogP contribution < -0.4 is 5.73 Å². The molecule has 2 fully saturated rings. The van der Waals surface area contributed by atoms with Gasteiger partial charge in [0.05, 0.1) is 34.1 Å². The molecule has 4 aromatic rings. The van der Waals surface area contributed by atoms with Gasteiger partial charge in [-0.25, -0.2) is 19.9 Å². The average molecular weight is 653 g/mol. The maximum atomic E-state index is 13.2. The first-order valence-electron chi connectivity index (χ1n) is 15.1. The number of hydrogen-bond acceptors (Lipinski definition) is 9. The summed E-state index contributed by atoms with van der Waals surface area (Å²) in [5.74, 6) is 0.108. The summed E-state index contributed by atoms with van der Waals surface area (Å²) < 4.78 is 47.9. The molecule has 1 aliphatic heterocycles. The van der Waals surface area contributed by atoms with E-state index in [9.17, 15) is 13.2 Å². The number of hydrogen-bond donors (Lipinski definition) is 4. The molecule has 1 saturated heterocycles. The molecule has 1 aromatic carbocycles. The Hall–Kier alpha value is -3.04. The lowest BCUT2D eigenvalue weighted by molar-refractivity contribution is -0.137. The summed E-state index contributed by atoms with van der Waals surface area (Å²) in [6, 6.07) is 3.20. The van der Waals surface area contributed by atoms with Gasteiger partial charge in [0, 0.05) is 25.0 Å². The van der Waals surface area contributed by atoms with Crippen LogP contribution in [0.5, 0.6) is 0 Å². The Labute approximate surface area is 264 Å². The zero-order valence-electron chi connectivity index (χ0n) is 25.7. The SMILES string of the molecule is CC(C)(O)O.CC(C)N(CC1CCC(n2cnc3c(N)ncnc32)O1)C1CC(CCc2nc3cc(Cl)c(C(F)(F)F)cc3[nH]2)C1. The van der Waals surface area contributed by atoms with Crippen LogP contribution in [0.15, 0.2) is 24.8 Å². The molecule has 6 rings (SSSR count). The van der Waals surface area contributed by atoms with Crippen LogP contribution in [0.25, 0.3) is 22.2 Å². The Morgan fingerprint density at radius 1 is 1.16 bits per heavy atom. The maximum Gasteiger partial charge on any atom is 0.417 e. The van der Waals surface area contributed by atoms with Crippen molar-refractivity contribution in [1.29, 1.82) is 0 Å². The van der Waals surface area contributed by atoms with Gasteiger partial charge in [-0.1, -0.05) is 11.6 Å². The first-order valence-corrected chi connectivity index (χ1v) is 15.5. The van der Waals surface area contributed by atoms with E-state index in [1.165, 1.54) is 26.2 Å². The number of H-pyrrole nitrogens is 1. The Kier molecular flexibility index (Phi) is 9.62. The summed E-state index contributed by atoms with van der Waals surface area (Å²) in [6.45, 7) is 7.90. The van der Waals surface area contributed by atoms with Crippen molar-refractivity contribution >= 4 is 39.6 Å². The van der Waals surface area contributed by atoms with E-state index in [4.69, 9.17) is 32.3 Å². The predicted octanol–water partition coefficient (Wildman–Crippen LogP) is 5.46. The highest BCUT2D eigenvalue weighted by molar-refractivity contribution is 6.32. The van der Waals surface area contributed by atoms with Crippen LogP contribution in [-0.2, 0) is 17.3 Å². The van der Waals surface area contributed by atoms with Crippen LogP contribution >= 0.6 is 11.6 Å². The molecule has 0 bridgehead atoms. The number of nitrogens with zero attached hydrogens (tertiary/aromatic N) is 6. The average Bonchev–Trinajstić information content (AvgIpc) is 3.63. The molecule has 2 unspecified atom stereocenters. The molecule has 5 N–H and O–H groups in total. The monoisotopic (exact) mass is 652 g/mol. The van der Waals surface area contributed by atoms with Gasteiger partial charge in [-0.15, -0.1) is 0 Å². The fourth-order valence-electron chi connectivity index (χ4n) is 6.09. The van der Waals surface area contributed by atoms with Crippen LogP contribution in [0.1, 0.15) is 77.4 Å². The molecule has 2 atom stereocenters. The lowest BCUT2D eigenvalue weighted by atomic mass is 9.76. The number of anilines is 1. The normalized spacial score (nSPS) is 22.3. The van der Waals surface area contributed by atoms with E-state index in [1.54, 1.807) is 6.33 Å². The van der Waals surface area contributed by atoms with Crippen LogP contribution in [0, 0.1) is 5.92 Å². The molecule has 11 nitrogen and oxygen atoms in total. The lowest BCUT2D eigenvalue weighted by Crippen LogP contribution is -2.50. The number of nitrogens with two attached hydrogens (primary N) is 1. The Balaban J connectivity index is 0.000000743. The molecule has 0 radical (unpaired) electrons. The number of aryl methyl sites for hydroxylation is 1. The number of alkyl halides is 3. The van der Waals surface area contributed by atoms with Gasteiger partial charge in [0.25, 0.3) is 0 Å². The minimum Gasteiger partial charge on any atom is -0.382 e. The highest BCUT2D eigenvalue weighted by Gasteiger charge is 2.38. The summed E-state index contributed by atoms with van der Waals surface area (Å²) in [7, 11) is 0. The van der Waals surface area contributed by atoms with E-state index in [1.807, 2.05) is 4.57 Å². The molecule has 2 aliphatic rings. The minimum absolute atomic E-state index is 0.118. The smallest absolute Gasteiger partial charge is 0.382 e. The summed E-state index contributed by atoms with van der Waals surface area (Å²) in [4.78, 5) is 22.8. The van der Waals surface area contributed by atoms with E-state index in [-0.39, 0.29) is 17.4 Å². The first-order chi connectivity index (χ1) is 21.1. The fraction of sp³-hybridized carbons (Fsp3) is 0.600. The van der Waals surface area contributed by atoms with E-state index in [0.717, 1.165) is 44.7 Å². The quantitative estimate of drug-likeness (QED) is 0.182. The summed E-state index contributed by atoms with van der Waals surface area (Å²) in [5, 5.41) is 15.8. The van der Waals surface area contributed by atoms with Crippen LogP contribution in [0.3, 0.4) is 0 Å². The zero-order valence-corrected chi connectivity index (χ0v) is 26.5. The number of fused-ring (bicyclic) bond motifs is 2. The number of aromatic nitrogens is 6. The molecular formula is C30H40ClF3N8O3. The first kappa shape index (κ1) is 33.3. The Morgan fingerprint density at radius 3 is 2.53 bits per heavy atom. The van der Waals surface area contributed by atoms with Gasteiger partial charge in [-0.3, -0.25) is 9.47 Å². The van der Waals surface area contributed by atoms with Gasteiger partial charge in [0.2, 0.25) is 0 Å². The zero-order chi connectivity index (χ0) is 32.7. The molecule has 15 heteroatoms. The number of nitrogen functional groups attached to an aromatic ring is 1. The number of halogens is 4. The van der Waals surface area contributed by atoms with Crippen molar-refractivity contribution in [3.63, 3.8) is 0 Å². The number of aromatic amines is 1. The third-order valence-electron chi connectivity index (χ3n) is 8.25. The minimum atomic E-state index is -4.50. The number of ether oxygens (including phenoxy) is 1. The number of aliphatic hydroxyl groups is 2. The second-order valence-electron chi connectivity index (χ2n) is 12.7. The van der Waals surface area contributed by atoms with Gasteiger partial charge in [0.15, 0.2) is 17.3 Å². The molecule has 4 heterocycles. The highest BCUT2D eigenvalue weighted by Crippen LogP contribution is 2.39. The van der Waals surface area contributed by atoms with Crippen molar-refractivity contribution in [1.82, 2.24) is 34.4 Å². The van der Waals surface area contributed by atoms with E-state index in [0.29, 0.717) is 58.3 Å². The Bertz CT molecular complexity index is 1610. The molecule has 0 amide bonds. The molecule has 0 spiro atoms. The van der Waals surface area contributed by atoms with E-state index in [2.05, 4.69) is 43.7 Å². The molecule has 1 saturated carbocycles. The van der Waals surface area contributed by atoms with Gasteiger partial charge < -0.3 is 25.7 Å². The van der Waals surface area contributed by atoms with Gasteiger partial charge >= 0.3 is 6.18 Å². The van der Waals surface area contributed by atoms with E-state index < -0.39 is 17.5 Å². The number of nitrogens with one attached hydrogen (secondary N) is 1. The van der Waals surface area contributed by atoms with Crippen molar-refractivity contribution in [3.8, 4) is 0 Å². The fourth-order valence-corrected chi connectivity index (χ4v) is 6.36. The summed E-state index contributed by atoms with van der Waals surface area (Å²) in [5.41, 5.74) is 7.19. The molecule has 246 valence electrons. The number of imidazole rings is 2. The lowest BCUT2D eigenvalue weighted by Gasteiger charge is -2.46. The van der Waals surface area contributed by atoms with Crippen molar-refractivity contribution in [3.05, 3.63) is 41.2 Å². The second-order valence-corrected chi connectivity index (χ2v) is 13.1. The third-order valence-corrected chi connectivity index (χ3v) is 8.57. The van der Waals surface area contributed by atoms with Crippen LogP contribution in [0.4, 0.5) is 19.0 Å². The molecular weight excluding hydrogens is 613 g/mol. The highest BCUT2D eigenvalue weighted by atomic mass is 35.5. The van der Waals surface area contributed by atoms with Crippen molar-refractivity contribution in [2.75, 3.05) is 12.3 Å². The Morgan fingerprint density at radius 2 is 1.87 bits per heavy atom. The largest absolute Gasteiger partial charge is 0.417 e. The number of rotatable bonds is 8. The van der Waals surface area contributed by atoms with Crippen molar-refractivity contribution in [2.45, 2.75) is 103 Å². The number of benzene rings is 1. The summed E-state index contributed by atoms with van der Waals surface area (Å²) >= 11 is 5.85. The van der Waals surface area contributed by atoms with E-state index >= 15 is 0 Å². The maximum absolute atomic E-state index is 13.2. The topological polar surface area (TPSA) is 151 Å². The summed E-state index contributed by atoms with van der Waals surface area (Å²) in [6.07, 6.45) is 4.29. The van der Waals surface area contributed by atoms with Crippen LogP contribution in [0.2, 0.25) is 5.02 Å².